The van der Waals surface area contributed by atoms with Crippen LogP contribution in [0.4, 0.5) is 0 Å². The van der Waals surface area contributed by atoms with Crippen molar-refractivity contribution in [3.8, 4) is 0 Å². The zero-order valence-corrected chi connectivity index (χ0v) is 11.8. The molecule has 1 aromatic heterocycles. The summed E-state index contributed by atoms with van der Waals surface area (Å²) in [5.41, 5.74) is 1.37. The fourth-order valence-corrected chi connectivity index (χ4v) is 2.66. The average Bonchev–Trinajstić information content (AvgIpc) is 2.65. The maximum absolute atomic E-state index is 3.47. The molecular formula is C11H19BrN2S. The second kappa shape index (κ2) is 7.39. The molecule has 0 unspecified atom stereocenters. The number of hydrogen-bond acceptors (Lipinski definition) is 3. The van der Waals surface area contributed by atoms with Gasteiger partial charge in [-0.2, -0.15) is 0 Å². The summed E-state index contributed by atoms with van der Waals surface area (Å²) in [6, 6.07) is 2.18. The summed E-state index contributed by atoms with van der Waals surface area (Å²) in [6.07, 6.45) is 0. The molecule has 1 aromatic rings. The zero-order chi connectivity index (χ0) is 11.1. The summed E-state index contributed by atoms with van der Waals surface area (Å²) in [5.74, 6) is 0. The standard InChI is InChI=1S/C11H19BrN2S/c1-3-14(4-2)6-5-13-8-10-7-11(12)15-9-10/h7,9,13H,3-6,8H2,1-2H3. The minimum Gasteiger partial charge on any atom is -0.311 e. The van der Waals surface area contributed by atoms with Gasteiger partial charge in [0.1, 0.15) is 0 Å². The van der Waals surface area contributed by atoms with E-state index in [2.05, 4.69) is 51.4 Å². The van der Waals surface area contributed by atoms with Crippen molar-refractivity contribution in [3.63, 3.8) is 0 Å². The number of halogens is 1. The van der Waals surface area contributed by atoms with E-state index in [-0.39, 0.29) is 0 Å². The smallest absolute Gasteiger partial charge is 0.0701 e. The Bertz CT molecular complexity index is 271. The molecule has 0 bridgehead atoms. The topological polar surface area (TPSA) is 15.3 Å². The van der Waals surface area contributed by atoms with Gasteiger partial charge in [-0.05, 0) is 46.0 Å². The monoisotopic (exact) mass is 290 g/mol. The third kappa shape index (κ3) is 5.11. The molecule has 0 atom stereocenters. The van der Waals surface area contributed by atoms with E-state index in [0.717, 1.165) is 32.7 Å². The molecule has 1 rings (SSSR count). The summed E-state index contributed by atoms with van der Waals surface area (Å²) in [5, 5.41) is 5.65. The Morgan fingerprint density at radius 3 is 2.67 bits per heavy atom. The van der Waals surface area contributed by atoms with Crippen LogP contribution in [0.5, 0.6) is 0 Å². The highest BCUT2D eigenvalue weighted by Gasteiger charge is 1.99. The molecule has 0 spiro atoms. The molecule has 2 nitrogen and oxygen atoms in total. The lowest BCUT2D eigenvalue weighted by atomic mass is 10.3. The zero-order valence-electron chi connectivity index (χ0n) is 9.42. The molecule has 1 N–H and O–H groups in total. The van der Waals surface area contributed by atoms with Crippen LogP contribution < -0.4 is 5.32 Å². The maximum Gasteiger partial charge on any atom is 0.0701 e. The summed E-state index contributed by atoms with van der Waals surface area (Å²) in [6.45, 7) is 9.88. The largest absolute Gasteiger partial charge is 0.311 e. The highest BCUT2D eigenvalue weighted by molar-refractivity contribution is 9.11. The fourth-order valence-electron chi connectivity index (χ4n) is 1.45. The van der Waals surface area contributed by atoms with Crippen molar-refractivity contribution in [1.29, 1.82) is 0 Å². The Kier molecular flexibility index (Phi) is 6.48. The molecule has 15 heavy (non-hydrogen) atoms. The van der Waals surface area contributed by atoms with E-state index in [9.17, 15) is 0 Å². The predicted molar refractivity (Wildman–Crippen MR) is 71.5 cm³/mol. The Morgan fingerprint density at radius 2 is 2.13 bits per heavy atom. The maximum atomic E-state index is 3.47. The number of rotatable bonds is 7. The van der Waals surface area contributed by atoms with E-state index in [1.54, 1.807) is 11.3 Å². The van der Waals surface area contributed by atoms with E-state index in [1.807, 2.05) is 0 Å². The summed E-state index contributed by atoms with van der Waals surface area (Å²) >= 11 is 5.21. The molecule has 0 radical (unpaired) electrons. The van der Waals surface area contributed by atoms with Crippen molar-refractivity contribution in [3.05, 3.63) is 20.8 Å². The van der Waals surface area contributed by atoms with Crippen LogP contribution >= 0.6 is 27.3 Å². The Labute approximate surface area is 105 Å². The van der Waals surface area contributed by atoms with Gasteiger partial charge in [0, 0.05) is 19.6 Å². The van der Waals surface area contributed by atoms with E-state index in [0.29, 0.717) is 0 Å². The van der Waals surface area contributed by atoms with Gasteiger partial charge in [0.05, 0.1) is 3.79 Å². The van der Waals surface area contributed by atoms with Gasteiger partial charge in [-0.15, -0.1) is 11.3 Å². The summed E-state index contributed by atoms with van der Waals surface area (Å²) in [7, 11) is 0. The van der Waals surface area contributed by atoms with Crippen molar-refractivity contribution in [2.45, 2.75) is 20.4 Å². The van der Waals surface area contributed by atoms with E-state index < -0.39 is 0 Å². The number of nitrogens with one attached hydrogen (secondary N) is 1. The number of nitrogens with zero attached hydrogens (tertiary/aromatic N) is 1. The summed E-state index contributed by atoms with van der Waals surface area (Å²) in [4.78, 5) is 2.43. The second-order valence-corrected chi connectivity index (χ2v) is 5.75. The molecule has 1 heterocycles. The van der Waals surface area contributed by atoms with Gasteiger partial charge in [-0.1, -0.05) is 13.8 Å². The Balaban J connectivity index is 2.11. The molecule has 0 saturated heterocycles. The lowest BCUT2D eigenvalue weighted by Crippen LogP contribution is -2.31. The van der Waals surface area contributed by atoms with Gasteiger partial charge in [0.25, 0.3) is 0 Å². The van der Waals surface area contributed by atoms with Crippen LogP contribution in [0.2, 0.25) is 0 Å². The van der Waals surface area contributed by atoms with E-state index in [4.69, 9.17) is 0 Å². The first kappa shape index (κ1) is 13.2. The number of thiophene rings is 1. The highest BCUT2D eigenvalue weighted by atomic mass is 79.9. The molecule has 0 saturated carbocycles. The lowest BCUT2D eigenvalue weighted by Gasteiger charge is -2.17. The minimum atomic E-state index is 0.976. The Morgan fingerprint density at radius 1 is 1.40 bits per heavy atom. The molecule has 0 fully saturated rings. The fraction of sp³-hybridized carbons (Fsp3) is 0.636. The molecule has 0 aliphatic carbocycles. The van der Waals surface area contributed by atoms with Crippen molar-refractivity contribution in [1.82, 2.24) is 10.2 Å². The quantitative estimate of drug-likeness (QED) is 0.777. The lowest BCUT2D eigenvalue weighted by molar-refractivity contribution is 0.302. The highest BCUT2D eigenvalue weighted by Crippen LogP contribution is 2.20. The first-order valence-corrected chi connectivity index (χ1v) is 7.09. The average molecular weight is 291 g/mol. The third-order valence-corrected chi connectivity index (χ3v) is 4.00. The number of likely N-dealkylation sites (N-methyl/N-ethyl adjacent to an activating group) is 1. The Hall–Kier alpha value is 0.100. The SMILES string of the molecule is CCN(CC)CCNCc1csc(Br)c1. The first-order chi connectivity index (χ1) is 7.26. The van der Waals surface area contributed by atoms with Crippen LogP contribution in [0, 0.1) is 0 Å². The van der Waals surface area contributed by atoms with Crippen LogP contribution in [0.1, 0.15) is 19.4 Å². The van der Waals surface area contributed by atoms with Gasteiger partial charge in [0.2, 0.25) is 0 Å². The molecule has 0 aliphatic heterocycles. The van der Waals surface area contributed by atoms with Crippen molar-refractivity contribution in [2.75, 3.05) is 26.2 Å². The molecular weight excluding hydrogens is 272 g/mol. The summed E-state index contributed by atoms with van der Waals surface area (Å²) < 4.78 is 1.21. The van der Waals surface area contributed by atoms with E-state index >= 15 is 0 Å². The van der Waals surface area contributed by atoms with Crippen LogP contribution in [0.25, 0.3) is 0 Å². The van der Waals surface area contributed by atoms with Crippen molar-refractivity contribution in [2.24, 2.45) is 0 Å². The molecule has 86 valence electrons. The predicted octanol–water partition coefficient (Wildman–Crippen LogP) is 2.94. The van der Waals surface area contributed by atoms with Gasteiger partial charge >= 0.3 is 0 Å². The third-order valence-electron chi connectivity index (χ3n) is 2.45. The first-order valence-electron chi connectivity index (χ1n) is 5.42. The van der Waals surface area contributed by atoms with Gasteiger partial charge < -0.3 is 10.2 Å². The second-order valence-electron chi connectivity index (χ2n) is 3.46. The van der Waals surface area contributed by atoms with Crippen LogP contribution in [0.3, 0.4) is 0 Å². The van der Waals surface area contributed by atoms with Gasteiger partial charge in [0.15, 0.2) is 0 Å². The van der Waals surface area contributed by atoms with Crippen LogP contribution in [0.15, 0.2) is 15.2 Å². The molecule has 0 aromatic carbocycles. The molecule has 4 heteroatoms. The number of hydrogen-bond donors (Lipinski definition) is 1. The van der Waals surface area contributed by atoms with Crippen molar-refractivity contribution < 1.29 is 0 Å². The van der Waals surface area contributed by atoms with Gasteiger partial charge in [-0.3, -0.25) is 0 Å². The molecule has 0 aliphatic rings. The molecule has 0 amide bonds. The van der Waals surface area contributed by atoms with Crippen LogP contribution in [-0.2, 0) is 6.54 Å². The van der Waals surface area contributed by atoms with E-state index in [1.165, 1.54) is 9.35 Å². The van der Waals surface area contributed by atoms with Crippen LogP contribution in [-0.4, -0.2) is 31.1 Å². The van der Waals surface area contributed by atoms with Gasteiger partial charge in [-0.25, -0.2) is 0 Å². The minimum absolute atomic E-state index is 0.976. The van der Waals surface area contributed by atoms with Crippen molar-refractivity contribution >= 4 is 27.3 Å². The normalized spacial score (nSPS) is 11.2.